The molecule has 0 saturated carbocycles. The number of hydrogen-bond acceptors (Lipinski definition) is 6. The van der Waals surface area contributed by atoms with Crippen molar-refractivity contribution in [1.82, 2.24) is 29.7 Å². The van der Waals surface area contributed by atoms with Crippen LogP contribution < -0.4 is 10.1 Å². The van der Waals surface area contributed by atoms with Gasteiger partial charge in [0.15, 0.2) is 5.82 Å². The molecule has 2 atom stereocenters. The Labute approximate surface area is 229 Å². The molecular weight excluding hydrogens is 529 g/mol. The molecule has 10 nitrogen and oxygen atoms in total. The topological polar surface area (TPSA) is 122 Å². The van der Waals surface area contributed by atoms with Crippen molar-refractivity contribution in [1.29, 1.82) is 0 Å². The molecule has 40 heavy (non-hydrogen) atoms. The van der Waals surface area contributed by atoms with Gasteiger partial charge in [0.05, 0.1) is 28.7 Å². The van der Waals surface area contributed by atoms with Crippen LogP contribution in [0.4, 0.5) is 18.0 Å². The first kappa shape index (κ1) is 22.2. The number of nitrogens with one attached hydrogen (secondary N) is 1. The van der Waals surface area contributed by atoms with Crippen LogP contribution in [0.5, 0.6) is 5.75 Å². The van der Waals surface area contributed by atoms with Crippen LogP contribution in [0.25, 0.3) is 22.2 Å². The molecule has 4 heterocycles. The SMILES string of the molecule is [2H]C([2H])([2H])N1C(=O)c2cccc(OC(F)F)c2[C@H]2C[C@@H]1c1nc3cc(F)c(-c4cnc(C(C)(C)NC(=O)O)nc4)cc3n12. The van der Waals surface area contributed by atoms with Crippen LogP contribution in [0.3, 0.4) is 0 Å². The van der Waals surface area contributed by atoms with Gasteiger partial charge in [0.2, 0.25) is 0 Å². The van der Waals surface area contributed by atoms with Gasteiger partial charge in [-0.1, -0.05) is 6.07 Å². The number of carbonyl (C=O) groups excluding carboxylic acids is 1. The molecule has 2 bridgehead atoms. The van der Waals surface area contributed by atoms with Crippen molar-refractivity contribution in [3.05, 3.63) is 71.3 Å². The first-order valence-corrected chi connectivity index (χ1v) is 12.1. The molecule has 0 spiro atoms. The number of halogens is 3. The second kappa shape index (κ2) is 8.93. The molecule has 206 valence electrons. The normalized spacial score (nSPS) is 19.5. The molecule has 2 aromatic heterocycles. The van der Waals surface area contributed by atoms with Gasteiger partial charge in [0, 0.05) is 58.2 Å². The zero-order valence-corrected chi connectivity index (χ0v) is 21.0. The number of carboxylic acid groups (broad SMARTS) is 1. The number of benzene rings is 2. The van der Waals surface area contributed by atoms with Crippen molar-refractivity contribution in [3.8, 4) is 16.9 Å². The van der Waals surface area contributed by atoms with Gasteiger partial charge in [-0.2, -0.15) is 8.78 Å². The maximum absolute atomic E-state index is 15.5. The maximum atomic E-state index is 15.5. The number of nitrogens with zero attached hydrogens (tertiary/aromatic N) is 5. The van der Waals surface area contributed by atoms with E-state index >= 15 is 4.39 Å². The largest absolute Gasteiger partial charge is 0.465 e. The molecule has 0 radical (unpaired) electrons. The van der Waals surface area contributed by atoms with E-state index in [0.717, 1.165) is 6.07 Å². The quantitative estimate of drug-likeness (QED) is 0.361. The molecule has 2 aliphatic rings. The van der Waals surface area contributed by atoms with Gasteiger partial charge in [-0.05, 0) is 32.0 Å². The fourth-order valence-electron chi connectivity index (χ4n) is 5.47. The molecule has 2 aromatic carbocycles. The van der Waals surface area contributed by atoms with E-state index in [9.17, 15) is 18.4 Å². The number of alkyl halides is 2. The fourth-order valence-corrected chi connectivity index (χ4v) is 5.47. The Morgan fingerprint density at radius 3 is 2.65 bits per heavy atom. The van der Waals surface area contributed by atoms with E-state index in [4.69, 9.17) is 14.0 Å². The van der Waals surface area contributed by atoms with E-state index in [1.165, 1.54) is 36.7 Å². The molecule has 0 fully saturated rings. The predicted molar refractivity (Wildman–Crippen MR) is 136 cm³/mol. The summed E-state index contributed by atoms with van der Waals surface area (Å²) in [6.45, 7) is -2.98. The number of hydrogen-bond donors (Lipinski definition) is 2. The molecule has 6 rings (SSSR count). The zero-order valence-electron chi connectivity index (χ0n) is 24.0. The molecule has 0 unspecified atom stereocenters. The average Bonchev–Trinajstić information content (AvgIpc) is 3.39. The molecule has 13 heteroatoms. The Kier molecular flexibility index (Phi) is 4.95. The third kappa shape index (κ3) is 3.91. The third-order valence-electron chi connectivity index (χ3n) is 7.18. The van der Waals surface area contributed by atoms with Crippen LogP contribution in [0.15, 0.2) is 42.7 Å². The Bertz CT molecular complexity index is 1800. The van der Waals surface area contributed by atoms with E-state index in [1.54, 1.807) is 18.4 Å². The lowest BCUT2D eigenvalue weighted by molar-refractivity contribution is -0.0507. The summed E-state index contributed by atoms with van der Waals surface area (Å²) in [4.78, 5) is 38.3. The van der Waals surface area contributed by atoms with Gasteiger partial charge in [-0.3, -0.25) is 4.79 Å². The Morgan fingerprint density at radius 2 is 1.98 bits per heavy atom. The smallest absolute Gasteiger partial charge is 0.405 e. The first-order chi connectivity index (χ1) is 20.2. The van der Waals surface area contributed by atoms with Gasteiger partial charge < -0.3 is 24.6 Å². The van der Waals surface area contributed by atoms with Crippen LogP contribution in [-0.4, -0.2) is 55.1 Å². The number of imidazole rings is 1. The summed E-state index contributed by atoms with van der Waals surface area (Å²) in [5.74, 6) is -1.56. The average molecular weight is 556 g/mol. The predicted octanol–water partition coefficient (Wildman–Crippen LogP) is 4.86. The van der Waals surface area contributed by atoms with E-state index in [-0.39, 0.29) is 51.6 Å². The van der Waals surface area contributed by atoms with Gasteiger partial charge in [-0.25, -0.2) is 24.1 Å². The maximum Gasteiger partial charge on any atom is 0.405 e. The minimum atomic E-state index is -3.21. The van der Waals surface area contributed by atoms with E-state index in [1.807, 2.05) is 0 Å². The lowest BCUT2D eigenvalue weighted by Crippen LogP contribution is -2.41. The number of fused-ring (bicyclic) bond motifs is 9. The number of carbonyl (C=O) groups is 2. The Balaban J connectivity index is 1.53. The highest BCUT2D eigenvalue weighted by molar-refractivity contribution is 5.98. The lowest BCUT2D eigenvalue weighted by atomic mass is 9.97. The number of ether oxygens (including phenoxy) is 1. The molecule has 2 amide bonds. The second-order valence-electron chi connectivity index (χ2n) is 10.0. The molecule has 4 aromatic rings. The zero-order chi connectivity index (χ0) is 31.0. The Morgan fingerprint density at radius 1 is 1.23 bits per heavy atom. The van der Waals surface area contributed by atoms with Crippen LogP contribution in [0, 0.1) is 5.82 Å². The highest BCUT2D eigenvalue weighted by Crippen LogP contribution is 2.50. The number of aromatic nitrogens is 4. The van der Waals surface area contributed by atoms with Crippen LogP contribution in [0.2, 0.25) is 0 Å². The van der Waals surface area contributed by atoms with Gasteiger partial charge >= 0.3 is 12.7 Å². The van der Waals surface area contributed by atoms with Crippen LogP contribution in [0.1, 0.15) is 64.0 Å². The summed E-state index contributed by atoms with van der Waals surface area (Å²) >= 11 is 0. The summed E-state index contributed by atoms with van der Waals surface area (Å²) in [5, 5.41) is 11.4. The van der Waals surface area contributed by atoms with Gasteiger partial charge in [0.25, 0.3) is 5.91 Å². The van der Waals surface area contributed by atoms with Gasteiger partial charge in [0.1, 0.15) is 17.4 Å². The summed E-state index contributed by atoms with van der Waals surface area (Å²) in [7, 11) is 0. The van der Waals surface area contributed by atoms with Crippen molar-refractivity contribution in [3.63, 3.8) is 0 Å². The summed E-state index contributed by atoms with van der Waals surface area (Å²) in [6.07, 6.45) is 1.41. The van der Waals surface area contributed by atoms with E-state index in [2.05, 4.69) is 20.3 Å². The highest BCUT2D eigenvalue weighted by atomic mass is 19.3. The highest BCUT2D eigenvalue weighted by Gasteiger charge is 2.45. The second-order valence-corrected chi connectivity index (χ2v) is 10.0. The first-order valence-electron chi connectivity index (χ1n) is 13.6. The lowest BCUT2D eigenvalue weighted by Gasteiger charge is -2.24. The minimum absolute atomic E-state index is 0.00912. The monoisotopic (exact) mass is 555 g/mol. The van der Waals surface area contributed by atoms with Crippen molar-refractivity contribution < 1.29 is 36.7 Å². The number of amides is 2. The van der Waals surface area contributed by atoms with E-state index < -0.39 is 49.0 Å². The van der Waals surface area contributed by atoms with E-state index in [0.29, 0.717) is 10.4 Å². The van der Waals surface area contributed by atoms with Crippen molar-refractivity contribution in [2.75, 3.05) is 6.98 Å². The van der Waals surface area contributed by atoms with Crippen molar-refractivity contribution in [2.45, 2.75) is 44.5 Å². The molecule has 0 aliphatic carbocycles. The van der Waals surface area contributed by atoms with Crippen LogP contribution in [-0.2, 0) is 5.54 Å². The van der Waals surface area contributed by atoms with Gasteiger partial charge in [-0.15, -0.1) is 0 Å². The molecular formula is C27H23F3N6O4. The Hall–Kier alpha value is -4.68. The summed E-state index contributed by atoms with van der Waals surface area (Å²) < 4.78 is 73.0. The standard InChI is InChI=1S/C27H23F3N6O4/c1-27(2,34-26(38)39)24-31-10-12(11-32-24)14-7-17-16(8-15(14)28)33-22-19-9-18(36(17)22)21-13(23(37)35(19)3)5-4-6-20(21)40-25(29)30/h4-8,10-11,18-19,25,34H,9H2,1-3H3,(H,38,39)/t18-,19-/m1/s1/i3D3. The van der Waals surface area contributed by atoms with Crippen molar-refractivity contribution in [2.24, 2.45) is 0 Å². The number of rotatable bonds is 5. The molecule has 2 N–H and O–H groups in total. The fraction of sp³-hybridized carbons (Fsp3) is 0.296. The summed E-state index contributed by atoms with van der Waals surface area (Å²) in [6, 6.07) is 4.68. The van der Waals surface area contributed by atoms with Crippen molar-refractivity contribution >= 4 is 23.0 Å². The minimum Gasteiger partial charge on any atom is -0.465 e. The van der Waals surface area contributed by atoms with Crippen LogP contribution >= 0.6 is 0 Å². The summed E-state index contributed by atoms with van der Waals surface area (Å²) in [5.41, 5.74) is -0.326. The third-order valence-corrected chi connectivity index (χ3v) is 7.18. The molecule has 0 saturated heterocycles. The molecule has 2 aliphatic heterocycles.